The SMILES string of the molecule is CC/C=C\C/C=C\C/C=C\C/C=C\C/C=C\CCCC(=O)NC(COP(=O)(O)OCC[N+](C)(C)C)C(/C=C\CCCCCCCCCCCC)OC(=O)CCCCCCCCCCC/C=C\C/C=C\C/C=C\C/C=C\CCCCC. The van der Waals surface area contributed by atoms with Crippen molar-refractivity contribution in [2.45, 2.75) is 270 Å². The topological polar surface area (TPSA) is 111 Å². The van der Waals surface area contributed by atoms with E-state index in [1.807, 2.05) is 33.3 Å². The van der Waals surface area contributed by atoms with Crippen molar-refractivity contribution in [1.29, 1.82) is 0 Å². The Labute approximate surface area is 493 Å². The lowest BCUT2D eigenvalue weighted by atomic mass is 10.0. The maximum Gasteiger partial charge on any atom is 0.472 e. The van der Waals surface area contributed by atoms with Gasteiger partial charge in [-0.25, -0.2) is 4.57 Å². The number of esters is 1. The zero-order chi connectivity index (χ0) is 58.6. The lowest BCUT2D eigenvalue weighted by molar-refractivity contribution is -0.870. The van der Waals surface area contributed by atoms with Gasteiger partial charge in [-0.1, -0.05) is 252 Å². The summed E-state index contributed by atoms with van der Waals surface area (Å²) in [6.45, 7) is 6.81. The average molecular weight is 1130 g/mol. The number of amides is 1. The van der Waals surface area contributed by atoms with Crippen molar-refractivity contribution in [2.75, 3.05) is 40.9 Å². The van der Waals surface area contributed by atoms with E-state index >= 15 is 0 Å². The van der Waals surface area contributed by atoms with E-state index in [1.54, 1.807) is 0 Å². The molecule has 1 amide bonds. The van der Waals surface area contributed by atoms with Gasteiger partial charge in [-0.05, 0) is 115 Å². The number of phosphoric ester groups is 1. The summed E-state index contributed by atoms with van der Waals surface area (Å²) in [6, 6.07) is -0.889. The molecule has 10 heteroatoms. The number of hydrogen-bond donors (Lipinski definition) is 2. The average Bonchev–Trinajstić information content (AvgIpc) is 3.42. The Morgan fingerprint density at radius 2 is 0.812 bits per heavy atom. The van der Waals surface area contributed by atoms with Crippen LogP contribution in [0.25, 0.3) is 0 Å². The number of unbranched alkanes of at least 4 members (excludes halogenated alkanes) is 23. The molecular formula is C70H122N2O7P+. The number of nitrogens with zero attached hydrogens (tertiary/aromatic N) is 1. The van der Waals surface area contributed by atoms with Crippen molar-refractivity contribution in [1.82, 2.24) is 5.32 Å². The minimum atomic E-state index is -4.47. The third kappa shape index (κ3) is 59.0. The van der Waals surface area contributed by atoms with Crippen LogP contribution in [0.5, 0.6) is 0 Å². The van der Waals surface area contributed by atoms with Crippen LogP contribution in [-0.2, 0) is 27.9 Å². The van der Waals surface area contributed by atoms with Crippen molar-refractivity contribution in [2.24, 2.45) is 0 Å². The van der Waals surface area contributed by atoms with E-state index in [4.69, 9.17) is 13.8 Å². The van der Waals surface area contributed by atoms with Gasteiger partial charge < -0.3 is 19.4 Å². The largest absolute Gasteiger partial charge is 0.472 e. The van der Waals surface area contributed by atoms with E-state index in [1.165, 1.54) is 109 Å². The number of allylic oxidation sites excluding steroid dienone is 19. The van der Waals surface area contributed by atoms with Gasteiger partial charge in [0, 0.05) is 12.8 Å². The molecule has 80 heavy (non-hydrogen) atoms. The molecule has 0 aliphatic rings. The minimum Gasteiger partial charge on any atom is -0.456 e. The lowest BCUT2D eigenvalue weighted by Gasteiger charge is -2.27. The van der Waals surface area contributed by atoms with Crippen molar-refractivity contribution in [3.8, 4) is 0 Å². The zero-order valence-corrected chi connectivity index (χ0v) is 53.2. The second kappa shape index (κ2) is 58.6. The summed E-state index contributed by atoms with van der Waals surface area (Å²) in [5, 5.41) is 3.02. The van der Waals surface area contributed by atoms with Crippen molar-refractivity contribution >= 4 is 19.7 Å². The summed E-state index contributed by atoms with van der Waals surface area (Å²) in [5.74, 6) is -0.586. The van der Waals surface area contributed by atoms with Gasteiger partial charge in [0.25, 0.3) is 0 Å². The Kier molecular flexibility index (Phi) is 56.0. The summed E-state index contributed by atoms with van der Waals surface area (Å²) >= 11 is 0. The van der Waals surface area contributed by atoms with E-state index in [0.717, 1.165) is 109 Å². The van der Waals surface area contributed by atoms with Gasteiger partial charge in [0.05, 0.1) is 33.8 Å². The lowest BCUT2D eigenvalue weighted by Crippen LogP contribution is -2.47. The Bertz CT molecular complexity index is 1780. The molecule has 0 radical (unpaired) electrons. The molecule has 3 atom stereocenters. The summed E-state index contributed by atoms with van der Waals surface area (Å²) in [7, 11) is 1.44. The molecule has 0 bridgehead atoms. The third-order valence-corrected chi connectivity index (χ3v) is 14.6. The molecule has 0 aromatic rings. The van der Waals surface area contributed by atoms with E-state index in [9.17, 15) is 19.0 Å². The van der Waals surface area contributed by atoms with Crippen molar-refractivity contribution < 1.29 is 37.3 Å². The fraction of sp³-hybridized carbons (Fsp3) is 0.686. The Morgan fingerprint density at radius 1 is 0.450 bits per heavy atom. The van der Waals surface area contributed by atoms with Gasteiger partial charge >= 0.3 is 13.8 Å². The molecule has 458 valence electrons. The number of phosphoric acid groups is 1. The van der Waals surface area contributed by atoms with Crippen LogP contribution < -0.4 is 5.32 Å². The first-order valence-corrected chi connectivity index (χ1v) is 33.9. The maximum absolute atomic E-state index is 13.5. The van der Waals surface area contributed by atoms with Gasteiger partial charge in [0.15, 0.2) is 0 Å². The van der Waals surface area contributed by atoms with Gasteiger partial charge in [-0.15, -0.1) is 0 Å². The van der Waals surface area contributed by atoms with E-state index in [-0.39, 0.29) is 37.9 Å². The highest BCUT2D eigenvalue weighted by molar-refractivity contribution is 7.47. The highest BCUT2D eigenvalue weighted by Gasteiger charge is 2.30. The number of carbonyl (C=O) groups is 2. The van der Waals surface area contributed by atoms with Crippen molar-refractivity contribution in [3.05, 3.63) is 122 Å². The molecule has 0 aromatic heterocycles. The molecule has 0 aromatic carbocycles. The molecule has 3 unspecified atom stereocenters. The van der Waals surface area contributed by atoms with Crippen LogP contribution in [0.2, 0.25) is 0 Å². The predicted molar refractivity (Wildman–Crippen MR) is 346 cm³/mol. The molecule has 0 saturated carbocycles. The molecule has 0 rings (SSSR count). The summed E-state index contributed by atoms with van der Waals surface area (Å²) < 4.78 is 30.7. The third-order valence-electron chi connectivity index (χ3n) is 13.6. The number of hydrogen-bond acceptors (Lipinski definition) is 6. The molecular weight excluding hydrogens is 1010 g/mol. The minimum absolute atomic E-state index is 0.0224. The highest BCUT2D eigenvalue weighted by Crippen LogP contribution is 2.43. The summed E-state index contributed by atoms with van der Waals surface area (Å²) in [5.41, 5.74) is 0. The summed E-state index contributed by atoms with van der Waals surface area (Å²) in [6.07, 6.45) is 82.1. The van der Waals surface area contributed by atoms with E-state index in [2.05, 4.69) is 135 Å². The van der Waals surface area contributed by atoms with Crippen LogP contribution in [0.3, 0.4) is 0 Å². The molecule has 2 N–H and O–H groups in total. The van der Waals surface area contributed by atoms with Crippen LogP contribution in [-0.4, -0.2) is 74.3 Å². The molecule has 0 heterocycles. The van der Waals surface area contributed by atoms with E-state index < -0.39 is 20.0 Å². The maximum atomic E-state index is 13.5. The van der Waals surface area contributed by atoms with Gasteiger partial charge in [0.1, 0.15) is 19.3 Å². The molecule has 0 saturated heterocycles. The number of quaternary nitrogens is 1. The monoisotopic (exact) mass is 1130 g/mol. The molecule has 9 nitrogen and oxygen atoms in total. The van der Waals surface area contributed by atoms with Crippen LogP contribution in [0, 0.1) is 0 Å². The Morgan fingerprint density at radius 3 is 1.25 bits per heavy atom. The second-order valence-electron chi connectivity index (χ2n) is 22.5. The number of nitrogens with one attached hydrogen (secondary N) is 1. The van der Waals surface area contributed by atoms with Crippen LogP contribution in [0.4, 0.5) is 0 Å². The first-order valence-electron chi connectivity index (χ1n) is 32.4. The fourth-order valence-corrected chi connectivity index (χ4v) is 9.40. The second-order valence-corrected chi connectivity index (χ2v) is 24.0. The van der Waals surface area contributed by atoms with Crippen molar-refractivity contribution in [3.63, 3.8) is 0 Å². The van der Waals surface area contributed by atoms with Gasteiger partial charge in [0.2, 0.25) is 5.91 Å². The quantitative estimate of drug-likeness (QED) is 0.0205. The Hall–Kier alpha value is -3.59. The van der Waals surface area contributed by atoms with Crippen LogP contribution in [0.1, 0.15) is 258 Å². The zero-order valence-electron chi connectivity index (χ0n) is 52.3. The van der Waals surface area contributed by atoms with Crippen LogP contribution in [0.15, 0.2) is 122 Å². The smallest absolute Gasteiger partial charge is 0.456 e. The normalized spacial score (nSPS) is 14.4. The highest BCUT2D eigenvalue weighted by atomic mass is 31.2. The molecule has 0 fully saturated rings. The summed E-state index contributed by atoms with van der Waals surface area (Å²) in [4.78, 5) is 37.7. The number of carbonyl (C=O) groups excluding carboxylic acids is 2. The molecule has 0 aliphatic carbocycles. The first kappa shape index (κ1) is 76.4. The number of likely N-dealkylation sites (N-methyl/N-ethyl adjacent to an activating group) is 1. The number of rotatable bonds is 57. The van der Waals surface area contributed by atoms with Gasteiger partial charge in [-0.3, -0.25) is 18.6 Å². The first-order chi connectivity index (χ1) is 38.9. The molecule has 0 spiro atoms. The number of ether oxygens (including phenoxy) is 1. The standard InChI is InChI=1S/C70H121N2O7P/c1-7-10-13-16-19-22-25-28-30-32-33-34-35-36-37-38-39-41-43-45-48-51-54-57-60-63-70(74)79-68(61-58-55-52-49-46-27-24-21-18-15-12-9-3)67(66-78-80(75,76)77-65-64-72(4,5)6)71-69(73)62-59-56-53-50-47-44-42-40-31-29-26-23-20-17-14-11-8-2/h11,14,19-20,22-23,28-31,33-34,36-37,42,44,50,53,58,61,67-68H,7-10,12-13,15-18,21,24-27,32,35,38-41,43,45-49,51-52,54-57,59-60,62-66H2,1-6H3,(H-,71,73,75,76)/p+1/b14-11-,22-19-,23-20-,30-28-,31-29-,34-33-,37-36-,44-42-,53-50-,61-58-. The predicted octanol–water partition coefficient (Wildman–Crippen LogP) is 20.3. The van der Waals surface area contributed by atoms with Crippen LogP contribution >= 0.6 is 7.82 Å². The fourth-order valence-electron chi connectivity index (χ4n) is 8.66. The van der Waals surface area contributed by atoms with Gasteiger partial charge in [-0.2, -0.15) is 0 Å². The van der Waals surface area contributed by atoms with E-state index in [0.29, 0.717) is 17.4 Å². The molecule has 0 aliphatic heterocycles. The Balaban J connectivity index is 5.25.